The molecule has 3 aromatic rings. The molecule has 0 amide bonds. The molecule has 0 atom stereocenters. The first-order chi connectivity index (χ1) is 9.72. The van der Waals surface area contributed by atoms with Gasteiger partial charge in [-0.05, 0) is 18.9 Å². The molecule has 20 heavy (non-hydrogen) atoms. The van der Waals surface area contributed by atoms with Crippen molar-refractivity contribution >= 4 is 17.1 Å². The zero-order valence-electron chi connectivity index (χ0n) is 10.7. The molecule has 0 aromatic carbocycles. The second-order valence-corrected chi connectivity index (χ2v) is 5.18. The van der Waals surface area contributed by atoms with Gasteiger partial charge in [-0.2, -0.15) is 5.10 Å². The molecule has 0 unspecified atom stereocenters. The summed E-state index contributed by atoms with van der Waals surface area (Å²) in [6, 6.07) is 2.06. The van der Waals surface area contributed by atoms with Crippen LogP contribution in [-0.4, -0.2) is 35.3 Å². The van der Waals surface area contributed by atoms with Crippen LogP contribution in [0, 0.1) is 0 Å². The Bertz CT molecular complexity index is 815. The second-order valence-electron chi connectivity index (χ2n) is 5.18. The first-order valence-electron chi connectivity index (χ1n) is 6.66. The smallest absolute Gasteiger partial charge is 0.303 e. The molecule has 3 aromatic heterocycles. The van der Waals surface area contributed by atoms with Gasteiger partial charge in [0.1, 0.15) is 11.3 Å². The van der Waals surface area contributed by atoms with Crippen molar-refractivity contribution in [3.63, 3.8) is 0 Å². The van der Waals surface area contributed by atoms with Gasteiger partial charge in [-0.15, -0.1) is 10.2 Å². The molecule has 0 radical (unpaired) electrons. The third kappa shape index (κ3) is 1.74. The van der Waals surface area contributed by atoms with Gasteiger partial charge >= 0.3 is 5.97 Å². The van der Waals surface area contributed by atoms with Crippen LogP contribution >= 0.6 is 0 Å². The van der Waals surface area contributed by atoms with Crippen LogP contribution in [-0.2, 0) is 11.2 Å². The van der Waals surface area contributed by atoms with Crippen LogP contribution in [0.3, 0.4) is 0 Å². The van der Waals surface area contributed by atoms with E-state index in [0.29, 0.717) is 18.2 Å². The van der Waals surface area contributed by atoms with E-state index in [1.807, 2.05) is 21.3 Å². The minimum atomic E-state index is -0.830. The summed E-state index contributed by atoms with van der Waals surface area (Å²) in [5, 5.41) is 21.6. The Morgan fingerprint density at radius 3 is 2.95 bits per heavy atom. The number of carboxylic acids is 1. The van der Waals surface area contributed by atoms with Gasteiger partial charge in [-0.3, -0.25) is 9.20 Å². The lowest BCUT2D eigenvalue weighted by molar-refractivity contribution is -0.137. The van der Waals surface area contributed by atoms with Gasteiger partial charge in [0.15, 0.2) is 5.65 Å². The van der Waals surface area contributed by atoms with Crippen LogP contribution in [0.15, 0.2) is 18.5 Å². The van der Waals surface area contributed by atoms with Crippen molar-refractivity contribution in [2.24, 2.45) is 0 Å². The monoisotopic (exact) mass is 271 g/mol. The SMILES string of the molecule is O=C(O)CCc1nnc2c3cc(C4CC4)nn3ccn12. The van der Waals surface area contributed by atoms with Crippen LogP contribution < -0.4 is 0 Å². The van der Waals surface area contributed by atoms with Gasteiger partial charge in [-0.25, -0.2) is 4.52 Å². The van der Waals surface area contributed by atoms with Crippen LogP contribution in [0.4, 0.5) is 0 Å². The van der Waals surface area contributed by atoms with E-state index in [4.69, 9.17) is 5.11 Å². The molecule has 1 aliphatic carbocycles. The Labute approximate surface area is 113 Å². The Morgan fingerprint density at radius 2 is 2.20 bits per heavy atom. The predicted molar refractivity (Wildman–Crippen MR) is 69.7 cm³/mol. The van der Waals surface area contributed by atoms with Crippen LogP contribution in [0.2, 0.25) is 0 Å². The van der Waals surface area contributed by atoms with Gasteiger partial charge in [-0.1, -0.05) is 0 Å². The molecule has 0 spiro atoms. The van der Waals surface area contributed by atoms with Gasteiger partial charge < -0.3 is 5.11 Å². The van der Waals surface area contributed by atoms with E-state index in [9.17, 15) is 4.79 Å². The zero-order valence-corrected chi connectivity index (χ0v) is 10.7. The fourth-order valence-electron chi connectivity index (χ4n) is 2.45. The molecule has 4 rings (SSSR count). The van der Waals surface area contributed by atoms with Crippen molar-refractivity contribution in [1.29, 1.82) is 0 Å². The largest absolute Gasteiger partial charge is 0.481 e. The maximum absolute atomic E-state index is 10.7. The molecular weight excluding hydrogens is 258 g/mol. The highest BCUT2D eigenvalue weighted by Gasteiger charge is 2.27. The van der Waals surface area contributed by atoms with E-state index >= 15 is 0 Å². The van der Waals surface area contributed by atoms with E-state index < -0.39 is 5.97 Å². The van der Waals surface area contributed by atoms with E-state index in [1.165, 1.54) is 12.8 Å². The predicted octanol–water partition coefficient (Wildman–Crippen LogP) is 1.27. The molecule has 7 heteroatoms. The van der Waals surface area contributed by atoms with Gasteiger partial charge in [0.25, 0.3) is 0 Å². The van der Waals surface area contributed by atoms with Gasteiger partial charge in [0.2, 0.25) is 0 Å². The average Bonchev–Trinajstić information content (AvgIpc) is 3.05. The minimum Gasteiger partial charge on any atom is -0.481 e. The van der Waals surface area contributed by atoms with E-state index in [1.54, 1.807) is 0 Å². The highest BCUT2D eigenvalue weighted by Crippen LogP contribution is 2.39. The lowest BCUT2D eigenvalue weighted by Gasteiger charge is -1.99. The number of nitrogens with zero attached hydrogens (tertiary/aromatic N) is 5. The summed E-state index contributed by atoms with van der Waals surface area (Å²) in [5.41, 5.74) is 2.75. The molecule has 1 N–H and O–H groups in total. The number of aliphatic carboxylic acids is 1. The molecule has 7 nitrogen and oxygen atoms in total. The number of aromatic nitrogens is 5. The minimum absolute atomic E-state index is 0.0541. The van der Waals surface area contributed by atoms with E-state index in [0.717, 1.165) is 16.9 Å². The number of fused-ring (bicyclic) bond motifs is 3. The highest BCUT2D eigenvalue weighted by atomic mass is 16.4. The Balaban J connectivity index is 1.81. The summed E-state index contributed by atoms with van der Waals surface area (Å²) in [5.74, 6) is 0.423. The normalized spacial score (nSPS) is 15.2. The summed E-state index contributed by atoms with van der Waals surface area (Å²) in [6.45, 7) is 0. The van der Waals surface area contributed by atoms with Crippen molar-refractivity contribution in [3.8, 4) is 0 Å². The lowest BCUT2D eigenvalue weighted by atomic mass is 10.3. The maximum atomic E-state index is 10.7. The first-order valence-corrected chi connectivity index (χ1v) is 6.66. The van der Waals surface area contributed by atoms with Crippen LogP contribution in [0.5, 0.6) is 0 Å². The first kappa shape index (κ1) is 11.4. The number of aryl methyl sites for hydroxylation is 1. The molecule has 3 heterocycles. The van der Waals surface area contributed by atoms with Gasteiger partial charge in [0.05, 0.1) is 12.1 Å². The van der Waals surface area contributed by atoms with E-state index in [2.05, 4.69) is 21.4 Å². The van der Waals surface area contributed by atoms with E-state index in [-0.39, 0.29) is 6.42 Å². The molecule has 1 aliphatic rings. The topological polar surface area (TPSA) is 84.8 Å². The summed E-state index contributed by atoms with van der Waals surface area (Å²) in [6.07, 6.45) is 6.54. The van der Waals surface area contributed by atoms with Crippen molar-refractivity contribution in [2.75, 3.05) is 0 Å². The summed E-state index contributed by atoms with van der Waals surface area (Å²) in [4.78, 5) is 10.7. The van der Waals surface area contributed by atoms with Crippen LogP contribution in [0.1, 0.15) is 36.7 Å². The quantitative estimate of drug-likeness (QED) is 0.772. The highest BCUT2D eigenvalue weighted by molar-refractivity contribution is 5.71. The van der Waals surface area contributed by atoms with Crippen molar-refractivity contribution in [3.05, 3.63) is 30.0 Å². The number of hydrogen-bond donors (Lipinski definition) is 1. The number of carbonyl (C=O) groups is 1. The van der Waals surface area contributed by atoms with Crippen molar-refractivity contribution in [1.82, 2.24) is 24.2 Å². The van der Waals surface area contributed by atoms with Crippen molar-refractivity contribution < 1.29 is 9.90 Å². The molecule has 0 saturated heterocycles. The Morgan fingerprint density at radius 1 is 1.35 bits per heavy atom. The molecular formula is C13H13N5O2. The summed E-state index contributed by atoms with van der Waals surface area (Å²) < 4.78 is 3.66. The van der Waals surface area contributed by atoms with Crippen LogP contribution in [0.25, 0.3) is 11.2 Å². The fourth-order valence-corrected chi connectivity index (χ4v) is 2.45. The number of hydrogen-bond acceptors (Lipinski definition) is 4. The molecule has 102 valence electrons. The van der Waals surface area contributed by atoms with Gasteiger partial charge in [0, 0.05) is 24.7 Å². The lowest BCUT2D eigenvalue weighted by Crippen LogP contribution is -2.02. The third-order valence-electron chi connectivity index (χ3n) is 3.67. The second kappa shape index (κ2) is 4.03. The molecule has 0 aliphatic heterocycles. The average molecular weight is 271 g/mol. The third-order valence-corrected chi connectivity index (χ3v) is 3.67. The molecule has 1 fully saturated rings. The Kier molecular flexibility index (Phi) is 2.29. The maximum Gasteiger partial charge on any atom is 0.303 e. The summed E-state index contributed by atoms with van der Waals surface area (Å²) >= 11 is 0. The zero-order chi connectivity index (χ0) is 13.7. The molecule has 0 bridgehead atoms. The summed E-state index contributed by atoms with van der Waals surface area (Å²) in [7, 11) is 0. The number of carboxylic acid groups (broad SMARTS) is 1. The van der Waals surface area contributed by atoms with Crippen molar-refractivity contribution in [2.45, 2.75) is 31.6 Å². The standard InChI is InChI=1S/C13H13N5O2/c19-12(20)4-3-11-14-15-13-10-7-9(8-1-2-8)16-18(10)6-5-17(11)13/h5-8H,1-4H2,(H,19,20). The Hall–Kier alpha value is -2.44. The molecule has 1 saturated carbocycles. The number of rotatable bonds is 4. The fraction of sp³-hybridized carbons (Fsp3) is 0.385.